The SMILES string of the molecule is O=C1CCC(NS(=O)(=O)c2ccc(I)cc2)C(=O)N1. The van der Waals surface area contributed by atoms with Crippen LogP contribution in [0.25, 0.3) is 0 Å². The van der Waals surface area contributed by atoms with Gasteiger partial charge in [-0.15, -0.1) is 0 Å². The Morgan fingerprint density at radius 3 is 2.42 bits per heavy atom. The molecule has 1 aliphatic heterocycles. The molecule has 0 aromatic heterocycles. The third-order valence-corrected chi connectivity index (χ3v) is 4.87. The summed E-state index contributed by atoms with van der Waals surface area (Å²) in [7, 11) is -3.75. The first-order valence-electron chi connectivity index (χ1n) is 5.50. The lowest BCUT2D eigenvalue weighted by Gasteiger charge is -2.21. The van der Waals surface area contributed by atoms with Crippen LogP contribution in [0.5, 0.6) is 0 Å². The molecule has 0 bridgehead atoms. The topological polar surface area (TPSA) is 92.3 Å². The minimum absolute atomic E-state index is 0.0950. The van der Waals surface area contributed by atoms with E-state index in [1.165, 1.54) is 12.1 Å². The smallest absolute Gasteiger partial charge is 0.244 e. The lowest BCUT2D eigenvalue weighted by molar-refractivity contribution is -0.134. The van der Waals surface area contributed by atoms with Gasteiger partial charge in [0.05, 0.1) is 4.90 Å². The van der Waals surface area contributed by atoms with Gasteiger partial charge in [0.1, 0.15) is 6.04 Å². The maximum absolute atomic E-state index is 12.1. The zero-order chi connectivity index (χ0) is 14.0. The summed E-state index contributed by atoms with van der Waals surface area (Å²) < 4.78 is 27.3. The van der Waals surface area contributed by atoms with Crippen LogP contribution < -0.4 is 10.0 Å². The third kappa shape index (κ3) is 3.51. The van der Waals surface area contributed by atoms with E-state index in [9.17, 15) is 18.0 Å². The van der Waals surface area contributed by atoms with E-state index in [0.717, 1.165) is 3.57 Å². The molecular formula is C11H11IN2O4S. The van der Waals surface area contributed by atoms with E-state index in [2.05, 4.69) is 32.6 Å². The van der Waals surface area contributed by atoms with Gasteiger partial charge in [0, 0.05) is 9.99 Å². The van der Waals surface area contributed by atoms with Gasteiger partial charge >= 0.3 is 0 Å². The van der Waals surface area contributed by atoms with Crippen LogP contribution in [0.15, 0.2) is 29.2 Å². The van der Waals surface area contributed by atoms with Crippen LogP contribution in [0.4, 0.5) is 0 Å². The first-order chi connectivity index (χ1) is 8.88. The van der Waals surface area contributed by atoms with Crippen molar-refractivity contribution >= 4 is 44.4 Å². The highest BCUT2D eigenvalue weighted by Crippen LogP contribution is 2.14. The van der Waals surface area contributed by atoms with Gasteiger partial charge in [0.25, 0.3) is 0 Å². The summed E-state index contributed by atoms with van der Waals surface area (Å²) in [6.07, 6.45) is 0.305. The number of carbonyl (C=O) groups is 2. The van der Waals surface area contributed by atoms with E-state index in [1.807, 2.05) is 0 Å². The second-order valence-electron chi connectivity index (χ2n) is 4.08. The van der Waals surface area contributed by atoms with E-state index in [0.29, 0.717) is 0 Å². The van der Waals surface area contributed by atoms with Crippen molar-refractivity contribution in [2.24, 2.45) is 0 Å². The first kappa shape index (κ1) is 14.4. The Kier molecular flexibility index (Phi) is 4.21. The Balaban J connectivity index is 2.15. The summed E-state index contributed by atoms with van der Waals surface area (Å²) in [6.45, 7) is 0. The van der Waals surface area contributed by atoms with Gasteiger partial charge in [-0.3, -0.25) is 14.9 Å². The molecule has 0 spiro atoms. The number of rotatable bonds is 3. The van der Waals surface area contributed by atoms with Gasteiger partial charge in [0.15, 0.2) is 0 Å². The van der Waals surface area contributed by atoms with E-state index in [1.54, 1.807) is 12.1 Å². The van der Waals surface area contributed by atoms with Crippen molar-refractivity contribution in [3.05, 3.63) is 27.8 Å². The maximum atomic E-state index is 12.1. The van der Waals surface area contributed by atoms with Gasteiger partial charge in [-0.2, -0.15) is 4.72 Å². The zero-order valence-corrected chi connectivity index (χ0v) is 12.7. The minimum atomic E-state index is -3.75. The van der Waals surface area contributed by atoms with Gasteiger partial charge in [-0.1, -0.05) is 0 Å². The number of hydrogen-bond donors (Lipinski definition) is 2. The Morgan fingerprint density at radius 1 is 1.21 bits per heavy atom. The number of nitrogens with one attached hydrogen (secondary N) is 2. The summed E-state index contributed by atoms with van der Waals surface area (Å²) >= 11 is 2.07. The molecule has 6 nitrogen and oxygen atoms in total. The average molecular weight is 394 g/mol. The molecule has 1 aliphatic rings. The largest absolute Gasteiger partial charge is 0.295 e. The molecule has 1 heterocycles. The van der Waals surface area contributed by atoms with Gasteiger partial charge in [0.2, 0.25) is 21.8 Å². The first-order valence-corrected chi connectivity index (χ1v) is 8.06. The average Bonchev–Trinajstić information content (AvgIpc) is 2.33. The highest BCUT2D eigenvalue weighted by Gasteiger charge is 2.30. The molecule has 19 heavy (non-hydrogen) atoms. The minimum Gasteiger partial charge on any atom is -0.295 e. The summed E-state index contributed by atoms with van der Waals surface area (Å²) in [5.41, 5.74) is 0. The fraction of sp³-hybridized carbons (Fsp3) is 0.273. The molecule has 102 valence electrons. The molecule has 2 amide bonds. The molecular weight excluding hydrogens is 383 g/mol. The third-order valence-electron chi connectivity index (χ3n) is 2.66. The summed E-state index contributed by atoms with van der Waals surface area (Å²) in [6, 6.07) is 5.37. The molecule has 0 radical (unpaired) electrons. The second-order valence-corrected chi connectivity index (χ2v) is 7.04. The molecule has 1 saturated heterocycles. The van der Waals surface area contributed by atoms with Crippen LogP contribution >= 0.6 is 22.6 Å². The number of imide groups is 1. The molecule has 0 aliphatic carbocycles. The van der Waals surface area contributed by atoms with E-state index in [-0.39, 0.29) is 23.6 Å². The van der Waals surface area contributed by atoms with Crippen molar-refractivity contribution in [2.75, 3.05) is 0 Å². The van der Waals surface area contributed by atoms with Gasteiger partial charge < -0.3 is 0 Å². The van der Waals surface area contributed by atoms with Crippen LogP contribution in [0.2, 0.25) is 0 Å². The molecule has 1 aromatic rings. The van der Waals surface area contributed by atoms with Crippen LogP contribution in [-0.2, 0) is 19.6 Å². The molecule has 1 aromatic carbocycles. The van der Waals surface area contributed by atoms with Crippen LogP contribution in [0.3, 0.4) is 0 Å². The molecule has 2 rings (SSSR count). The second kappa shape index (κ2) is 5.55. The summed E-state index contributed by atoms with van der Waals surface area (Å²) in [4.78, 5) is 22.6. The van der Waals surface area contributed by atoms with Crippen LogP contribution in [0, 0.1) is 3.57 Å². The fourth-order valence-electron chi connectivity index (χ4n) is 1.68. The van der Waals surface area contributed by atoms with E-state index < -0.39 is 22.0 Å². The molecule has 8 heteroatoms. The number of amides is 2. The Labute approximate surface area is 124 Å². The van der Waals surface area contributed by atoms with Crippen LogP contribution in [0.1, 0.15) is 12.8 Å². The Bertz CT molecular complexity index is 612. The summed E-state index contributed by atoms with van der Waals surface area (Å²) in [5, 5.41) is 2.11. The molecule has 2 N–H and O–H groups in total. The zero-order valence-electron chi connectivity index (χ0n) is 9.72. The van der Waals surface area contributed by atoms with Crippen molar-refractivity contribution in [3.63, 3.8) is 0 Å². The van der Waals surface area contributed by atoms with Crippen molar-refractivity contribution in [1.82, 2.24) is 10.0 Å². The molecule has 1 unspecified atom stereocenters. The van der Waals surface area contributed by atoms with E-state index in [4.69, 9.17) is 0 Å². The summed E-state index contributed by atoms with van der Waals surface area (Å²) in [5.74, 6) is -0.986. The molecule has 0 saturated carbocycles. The van der Waals surface area contributed by atoms with Crippen molar-refractivity contribution < 1.29 is 18.0 Å². The Morgan fingerprint density at radius 2 is 1.84 bits per heavy atom. The van der Waals surface area contributed by atoms with Crippen molar-refractivity contribution in [1.29, 1.82) is 0 Å². The monoisotopic (exact) mass is 394 g/mol. The maximum Gasteiger partial charge on any atom is 0.244 e. The number of hydrogen-bond acceptors (Lipinski definition) is 4. The highest BCUT2D eigenvalue weighted by molar-refractivity contribution is 14.1. The molecule has 1 atom stereocenters. The van der Waals surface area contributed by atoms with Gasteiger partial charge in [-0.05, 0) is 53.3 Å². The number of halogens is 1. The fourth-order valence-corrected chi connectivity index (χ4v) is 3.26. The van der Waals surface area contributed by atoms with Gasteiger partial charge in [-0.25, -0.2) is 8.42 Å². The lowest BCUT2D eigenvalue weighted by Crippen LogP contribution is -2.52. The predicted octanol–water partition coefficient (Wildman–Crippen LogP) is 0.375. The van der Waals surface area contributed by atoms with E-state index >= 15 is 0 Å². The highest BCUT2D eigenvalue weighted by atomic mass is 127. The van der Waals surface area contributed by atoms with Crippen molar-refractivity contribution in [2.45, 2.75) is 23.8 Å². The molecule has 1 fully saturated rings. The quantitative estimate of drug-likeness (QED) is 0.573. The number of piperidine rings is 1. The Hall–Kier alpha value is -1.00. The van der Waals surface area contributed by atoms with Crippen LogP contribution in [-0.4, -0.2) is 26.3 Å². The number of sulfonamides is 1. The predicted molar refractivity (Wildman–Crippen MR) is 75.7 cm³/mol. The lowest BCUT2D eigenvalue weighted by atomic mass is 10.1. The van der Waals surface area contributed by atoms with Crippen molar-refractivity contribution in [3.8, 4) is 0 Å². The number of carbonyl (C=O) groups excluding carboxylic acids is 2. The standard InChI is InChI=1S/C11H11IN2O4S/c12-7-1-3-8(4-2-7)19(17,18)14-9-5-6-10(15)13-11(9)16/h1-4,9,14H,5-6H2,(H,13,15,16). The normalized spacial score (nSPS) is 20.2. The number of benzene rings is 1.